The van der Waals surface area contributed by atoms with Gasteiger partial charge in [-0.1, -0.05) is 30.3 Å². The van der Waals surface area contributed by atoms with Gasteiger partial charge in [0.1, 0.15) is 6.34 Å². The second-order valence-corrected chi connectivity index (χ2v) is 10.2. The summed E-state index contributed by atoms with van der Waals surface area (Å²) >= 11 is 0. The molecule has 1 aromatic rings. The van der Waals surface area contributed by atoms with Gasteiger partial charge in [0.05, 0.1) is 25.5 Å². The molecule has 1 aromatic carbocycles. The van der Waals surface area contributed by atoms with Crippen molar-refractivity contribution in [1.82, 2.24) is 20.4 Å². The monoisotopic (exact) mass is 564 g/mol. The van der Waals surface area contributed by atoms with E-state index in [0.29, 0.717) is 32.2 Å². The van der Waals surface area contributed by atoms with E-state index in [4.69, 9.17) is 10.6 Å². The molecular weight excluding hydrogens is 520 g/mol. The van der Waals surface area contributed by atoms with Crippen LogP contribution in [0.15, 0.2) is 35.4 Å². The number of hydrogen-bond donors (Lipinski definition) is 3. The molecule has 2 amide bonds. The average Bonchev–Trinajstić information content (AvgIpc) is 3.76. The standard InChI is InChI=1S/C28H44N6O4.ClH/c1-2-38-27(36)14-17-34(24-12-13-24)28(37)25(30-15-6-10-22-8-4-3-5-9-22)18-26(35)31-19-23-11-7-16-33(20-23)21-32-29;/h3-5,8-9,21,23-25,30H,2,6-7,10-20,29H2,1H3,(H,31,35);1H/t23-,25-;/m0./s1. The van der Waals surface area contributed by atoms with Crippen LogP contribution in [0.2, 0.25) is 0 Å². The molecule has 0 radical (unpaired) electrons. The fourth-order valence-electron chi connectivity index (χ4n) is 4.94. The number of aryl methyl sites for hydroxylation is 1. The molecule has 0 bridgehead atoms. The van der Waals surface area contributed by atoms with Crippen molar-refractivity contribution in [3.8, 4) is 0 Å². The van der Waals surface area contributed by atoms with Gasteiger partial charge >= 0.3 is 5.97 Å². The van der Waals surface area contributed by atoms with Gasteiger partial charge in [0, 0.05) is 32.2 Å². The van der Waals surface area contributed by atoms with Crippen molar-refractivity contribution in [3.05, 3.63) is 35.9 Å². The Morgan fingerprint density at radius 3 is 2.69 bits per heavy atom. The zero-order valence-electron chi connectivity index (χ0n) is 23.1. The number of esters is 1. The van der Waals surface area contributed by atoms with Gasteiger partial charge in [0.2, 0.25) is 11.8 Å². The zero-order valence-corrected chi connectivity index (χ0v) is 23.9. The third-order valence-corrected chi connectivity index (χ3v) is 7.06. The molecule has 2 aliphatic rings. The maximum atomic E-state index is 13.6. The van der Waals surface area contributed by atoms with E-state index in [1.807, 2.05) is 18.2 Å². The molecule has 1 heterocycles. The first kappa shape index (κ1) is 32.4. The zero-order chi connectivity index (χ0) is 27.2. The highest BCUT2D eigenvalue weighted by molar-refractivity contribution is 5.89. The quantitative estimate of drug-likeness (QED) is 0.0700. The fraction of sp³-hybridized carbons (Fsp3) is 0.643. The van der Waals surface area contributed by atoms with E-state index in [-0.39, 0.29) is 49.1 Å². The van der Waals surface area contributed by atoms with Crippen LogP contribution in [-0.4, -0.2) is 85.3 Å². The number of piperidine rings is 1. The number of nitrogens with one attached hydrogen (secondary N) is 2. The van der Waals surface area contributed by atoms with E-state index in [0.717, 1.165) is 51.6 Å². The highest BCUT2D eigenvalue weighted by Gasteiger charge is 2.36. The van der Waals surface area contributed by atoms with Gasteiger partial charge in [0.25, 0.3) is 0 Å². The number of hydrogen-bond acceptors (Lipinski definition) is 7. The number of nitrogens with two attached hydrogens (primary N) is 1. The van der Waals surface area contributed by atoms with E-state index < -0.39 is 6.04 Å². The van der Waals surface area contributed by atoms with E-state index in [2.05, 4.69) is 32.8 Å². The first-order chi connectivity index (χ1) is 18.5. The number of ether oxygens (including phenoxy) is 1. The SMILES string of the molecule is CCOC(=O)CCN(C(=O)[C@H](CC(=O)NC[C@@H]1CCCN(C=NN)C1)NCCCc1ccccc1)C1CC1.Cl. The average molecular weight is 565 g/mol. The summed E-state index contributed by atoms with van der Waals surface area (Å²) in [4.78, 5) is 42.4. The van der Waals surface area contributed by atoms with Crippen LogP contribution in [-0.2, 0) is 25.5 Å². The molecule has 1 aliphatic heterocycles. The van der Waals surface area contributed by atoms with Crippen LogP contribution in [0.25, 0.3) is 0 Å². The molecule has 218 valence electrons. The predicted molar refractivity (Wildman–Crippen MR) is 154 cm³/mol. The number of amides is 2. The number of likely N-dealkylation sites (tertiary alicyclic amines) is 1. The van der Waals surface area contributed by atoms with Crippen LogP contribution in [0.4, 0.5) is 0 Å². The van der Waals surface area contributed by atoms with Crippen molar-refractivity contribution in [2.75, 3.05) is 39.3 Å². The van der Waals surface area contributed by atoms with Gasteiger partial charge in [-0.3, -0.25) is 14.4 Å². The number of nitrogens with zero attached hydrogens (tertiary/aromatic N) is 3. The van der Waals surface area contributed by atoms with Gasteiger partial charge < -0.3 is 31.0 Å². The summed E-state index contributed by atoms with van der Waals surface area (Å²) in [5.41, 5.74) is 1.24. The summed E-state index contributed by atoms with van der Waals surface area (Å²) in [5.74, 6) is 5.02. The van der Waals surface area contributed by atoms with Gasteiger partial charge in [-0.15, -0.1) is 12.4 Å². The Hall–Kier alpha value is -2.85. The number of halogens is 1. The fourth-order valence-corrected chi connectivity index (χ4v) is 4.94. The first-order valence-electron chi connectivity index (χ1n) is 14.0. The second kappa shape index (κ2) is 17.7. The molecule has 1 aliphatic carbocycles. The Bertz CT molecular complexity index is 915. The highest BCUT2D eigenvalue weighted by atomic mass is 35.5. The third-order valence-electron chi connectivity index (χ3n) is 7.06. The first-order valence-corrected chi connectivity index (χ1v) is 14.0. The normalized spacial score (nSPS) is 17.8. The molecule has 1 saturated heterocycles. The van der Waals surface area contributed by atoms with Gasteiger partial charge in [-0.2, -0.15) is 5.10 Å². The molecule has 0 spiro atoms. The van der Waals surface area contributed by atoms with Crippen LogP contribution in [0.3, 0.4) is 0 Å². The van der Waals surface area contributed by atoms with Crippen LogP contribution in [0.5, 0.6) is 0 Å². The van der Waals surface area contributed by atoms with Crippen molar-refractivity contribution in [2.24, 2.45) is 16.9 Å². The molecule has 10 nitrogen and oxygen atoms in total. The van der Waals surface area contributed by atoms with Gasteiger partial charge in [0.15, 0.2) is 0 Å². The molecular formula is C28H45ClN6O4. The minimum atomic E-state index is -0.638. The van der Waals surface area contributed by atoms with Crippen molar-refractivity contribution < 1.29 is 19.1 Å². The largest absolute Gasteiger partial charge is 0.466 e. The summed E-state index contributed by atoms with van der Waals surface area (Å²) in [5, 5.41) is 10.0. The Morgan fingerprint density at radius 1 is 1.23 bits per heavy atom. The van der Waals surface area contributed by atoms with Crippen LogP contribution in [0, 0.1) is 5.92 Å². The summed E-state index contributed by atoms with van der Waals surface area (Å²) in [6, 6.07) is 9.70. The topological polar surface area (TPSA) is 129 Å². The maximum Gasteiger partial charge on any atom is 0.307 e. The van der Waals surface area contributed by atoms with E-state index in [9.17, 15) is 14.4 Å². The highest BCUT2D eigenvalue weighted by Crippen LogP contribution is 2.28. The molecule has 11 heteroatoms. The third kappa shape index (κ3) is 11.8. The van der Waals surface area contributed by atoms with E-state index in [1.165, 1.54) is 5.56 Å². The molecule has 4 N–H and O–H groups in total. The molecule has 2 atom stereocenters. The molecule has 2 fully saturated rings. The Balaban J connectivity index is 0.00000533. The minimum Gasteiger partial charge on any atom is -0.466 e. The number of rotatable bonds is 16. The van der Waals surface area contributed by atoms with Crippen LogP contribution in [0.1, 0.15) is 57.4 Å². The lowest BCUT2D eigenvalue weighted by Crippen LogP contribution is -2.50. The summed E-state index contributed by atoms with van der Waals surface area (Å²) in [6.07, 6.45) is 7.50. The molecule has 0 unspecified atom stereocenters. The Labute approximate surface area is 238 Å². The van der Waals surface area contributed by atoms with Crippen molar-refractivity contribution in [2.45, 2.75) is 70.4 Å². The van der Waals surface area contributed by atoms with Crippen molar-refractivity contribution >= 4 is 36.5 Å². The Morgan fingerprint density at radius 2 is 2.00 bits per heavy atom. The van der Waals surface area contributed by atoms with E-state index in [1.54, 1.807) is 18.2 Å². The number of carbonyl (C=O) groups excluding carboxylic acids is 3. The Kier molecular flexibility index (Phi) is 14.7. The van der Waals surface area contributed by atoms with Crippen LogP contribution < -0.4 is 16.5 Å². The van der Waals surface area contributed by atoms with Crippen molar-refractivity contribution in [3.63, 3.8) is 0 Å². The minimum absolute atomic E-state index is 0. The lowest BCUT2D eigenvalue weighted by molar-refractivity contribution is -0.144. The number of benzene rings is 1. The molecule has 0 aromatic heterocycles. The summed E-state index contributed by atoms with van der Waals surface area (Å²) in [7, 11) is 0. The lowest BCUT2D eigenvalue weighted by Gasteiger charge is -2.31. The summed E-state index contributed by atoms with van der Waals surface area (Å²) < 4.78 is 5.06. The molecule has 3 rings (SSSR count). The van der Waals surface area contributed by atoms with Crippen LogP contribution >= 0.6 is 12.4 Å². The van der Waals surface area contributed by atoms with Gasteiger partial charge in [-0.25, -0.2) is 0 Å². The maximum absolute atomic E-state index is 13.6. The molecule has 39 heavy (non-hydrogen) atoms. The van der Waals surface area contributed by atoms with Crippen molar-refractivity contribution in [1.29, 1.82) is 0 Å². The summed E-state index contributed by atoms with van der Waals surface area (Å²) in [6.45, 7) is 5.28. The number of hydrazone groups is 1. The smallest absolute Gasteiger partial charge is 0.307 e. The van der Waals surface area contributed by atoms with E-state index >= 15 is 0 Å². The van der Waals surface area contributed by atoms with Gasteiger partial charge in [-0.05, 0) is 63.5 Å². The lowest BCUT2D eigenvalue weighted by atomic mass is 9.98. The number of carbonyl (C=O) groups is 3. The second-order valence-electron chi connectivity index (χ2n) is 10.2. The predicted octanol–water partition coefficient (Wildman–Crippen LogP) is 2.06. The molecule has 1 saturated carbocycles.